The Morgan fingerprint density at radius 2 is 1.86 bits per heavy atom. The van der Waals surface area contributed by atoms with Crippen molar-refractivity contribution in [1.82, 2.24) is 5.32 Å². The van der Waals surface area contributed by atoms with Gasteiger partial charge in [-0.2, -0.15) is 5.26 Å². The van der Waals surface area contributed by atoms with Gasteiger partial charge in [0.2, 0.25) is 0 Å². The van der Waals surface area contributed by atoms with Gasteiger partial charge in [0.05, 0.1) is 13.2 Å². The highest BCUT2D eigenvalue weighted by molar-refractivity contribution is 5.96. The van der Waals surface area contributed by atoms with E-state index in [-0.39, 0.29) is 24.2 Å². The molecule has 0 fully saturated rings. The summed E-state index contributed by atoms with van der Waals surface area (Å²) < 4.78 is 4.65. The molecule has 0 aromatic heterocycles. The summed E-state index contributed by atoms with van der Waals surface area (Å²) in [5, 5.41) is 11.2. The van der Waals surface area contributed by atoms with Crippen LogP contribution in [0.3, 0.4) is 0 Å². The van der Waals surface area contributed by atoms with Gasteiger partial charge >= 0.3 is 5.97 Å². The van der Waals surface area contributed by atoms with Gasteiger partial charge in [-0.05, 0) is 29.5 Å². The number of nitrogens with one attached hydrogen (secondary N) is 1. The third-order valence-electron chi connectivity index (χ3n) is 3.35. The Morgan fingerprint density at radius 1 is 1.27 bits per heavy atom. The Kier molecular flexibility index (Phi) is 6.11. The van der Waals surface area contributed by atoms with Crippen LogP contribution in [-0.2, 0) is 14.9 Å². The molecule has 0 aliphatic heterocycles. The molecular formula is C17H22N2O3. The molecule has 0 saturated heterocycles. The average molecular weight is 302 g/mol. The monoisotopic (exact) mass is 302 g/mol. The number of carbonyl (C=O) groups is 2. The number of amides is 1. The summed E-state index contributed by atoms with van der Waals surface area (Å²) in [4.78, 5) is 23.8. The maximum absolute atomic E-state index is 12.2. The Hall–Kier alpha value is -2.35. The van der Waals surface area contributed by atoms with Crippen LogP contribution < -0.4 is 5.32 Å². The van der Waals surface area contributed by atoms with E-state index < -0.39 is 12.0 Å². The van der Waals surface area contributed by atoms with E-state index in [1.165, 1.54) is 7.11 Å². The lowest BCUT2D eigenvalue weighted by molar-refractivity contribution is -0.143. The number of methoxy groups -OCH3 is 1. The molecule has 5 heteroatoms. The van der Waals surface area contributed by atoms with Gasteiger partial charge in [0.15, 0.2) is 0 Å². The number of rotatable bonds is 5. The molecule has 1 atom stereocenters. The molecule has 0 bridgehead atoms. The smallest absolute Gasteiger partial charge is 0.328 e. The van der Waals surface area contributed by atoms with Gasteiger partial charge < -0.3 is 10.1 Å². The molecule has 118 valence electrons. The standard InChI is InChI=1S/C17H22N2O3/c1-17(2,3)13-9-7-12(8-10-13)15(20)19-14(6-5-11-18)16(21)22-4/h7-10,14H,5-6H2,1-4H3,(H,19,20)/t14-/m1/s1. The summed E-state index contributed by atoms with van der Waals surface area (Å²) in [6.45, 7) is 6.28. The highest BCUT2D eigenvalue weighted by Crippen LogP contribution is 2.22. The van der Waals surface area contributed by atoms with E-state index in [4.69, 9.17) is 5.26 Å². The lowest BCUT2D eigenvalue weighted by Gasteiger charge is -2.19. The molecule has 0 saturated carbocycles. The Morgan fingerprint density at radius 3 is 2.32 bits per heavy atom. The minimum Gasteiger partial charge on any atom is -0.467 e. The molecule has 0 unspecified atom stereocenters. The first-order valence-corrected chi connectivity index (χ1v) is 7.15. The number of carbonyl (C=O) groups excluding carboxylic acids is 2. The van der Waals surface area contributed by atoms with Gasteiger partial charge in [0.1, 0.15) is 6.04 Å². The maximum Gasteiger partial charge on any atom is 0.328 e. The molecule has 0 radical (unpaired) electrons. The predicted molar refractivity (Wildman–Crippen MR) is 83.3 cm³/mol. The van der Waals surface area contributed by atoms with Crippen LogP contribution in [0, 0.1) is 11.3 Å². The quantitative estimate of drug-likeness (QED) is 0.848. The highest BCUT2D eigenvalue weighted by Gasteiger charge is 2.22. The number of hydrogen-bond acceptors (Lipinski definition) is 4. The van der Waals surface area contributed by atoms with Crippen molar-refractivity contribution in [3.05, 3.63) is 35.4 Å². The first-order valence-electron chi connectivity index (χ1n) is 7.15. The van der Waals surface area contributed by atoms with Crippen LogP contribution in [0.25, 0.3) is 0 Å². The van der Waals surface area contributed by atoms with Crippen molar-refractivity contribution in [3.63, 3.8) is 0 Å². The average Bonchev–Trinajstić information content (AvgIpc) is 2.49. The number of hydrogen-bond donors (Lipinski definition) is 1. The van der Waals surface area contributed by atoms with Crippen LogP contribution in [0.5, 0.6) is 0 Å². The molecule has 1 aromatic carbocycles. The minimum absolute atomic E-state index is 0.0103. The SMILES string of the molecule is COC(=O)[C@@H](CCC#N)NC(=O)c1ccc(C(C)(C)C)cc1. The molecule has 1 amide bonds. The maximum atomic E-state index is 12.2. The van der Waals surface area contributed by atoms with E-state index in [0.29, 0.717) is 5.56 Å². The molecule has 0 spiro atoms. The van der Waals surface area contributed by atoms with Crippen molar-refractivity contribution in [3.8, 4) is 6.07 Å². The van der Waals surface area contributed by atoms with Gasteiger partial charge in [0, 0.05) is 12.0 Å². The van der Waals surface area contributed by atoms with Gasteiger partial charge in [0.25, 0.3) is 5.91 Å². The fourth-order valence-electron chi connectivity index (χ4n) is 1.96. The summed E-state index contributed by atoms with van der Waals surface area (Å²) in [5.41, 5.74) is 1.60. The van der Waals surface area contributed by atoms with Crippen LogP contribution in [0.2, 0.25) is 0 Å². The highest BCUT2D eigenvalue weighted by atomic mass is 16.5. The number of nitrogens with zero attached hydrogens (tertiary/aromatic N) is 1. The Bertz CT molecular complexity index is 565. The van der Waals surface area contributed by atoms with Crippen molar-refractivity contribution in [1.29, 1.82) is 5.26 Å². The molecule has 0 aliphatic rings. The van der Waals surface area contributed by atoms with E-state index in [2.05, 4.69) is 30.8 Å². The second kappa shape index (κ2) is 7.60. The lowest BCUT2D eigenvalue weighted by Crippen LogP contribution is -2.41. The topological polar surface area (TPSA) is 79.2 Å². The molecule has 1 aromatic rings. The van der Waals surface area contributed by atoms with Gasteiger partial charge in [-0.3, -0.25) is 4.79 Å². The van der Waals surface area contributed by atoms with Gasteiger partial charge in [-0.1, -0.05) is 32.9 Å². The normalized spacial score (nSPS) is 12.1. The molecule has 0 heterocycles. The van der Waals surface area contributed by atoms with Crippen molar-refractivity contribution in [2.75, 3.05) is 7.11 Å². The van der Waals surface area contributed by atoms with Crippen molar-refractivity contribution in [2.24, 2.45) is 0 Å². The second-order valence-corrected chi connectivity index (χ2v) is 6.07. The summed E-state index contributed by atoms with van der Waals surface area (Å²) in [5.74, 6) is -0.899. The lowest BCUT2D eigenvalue weighted by atomic mass is 9.86. The fraction of sp³-hybridized carbons (Fsp3) is 0.471. The van der Waals surface area contributed by atoms with Crippen LogP contribution in [0.1, 0.15) is 49.5 Å². The fourth-order valence-corrected chi connectivity index (χ4v) is 1.96. The summed E-state index contributed by atoms with van der Waals surface area (Å²) >= 11 is 0. The van der Waals surface area contributed by atoms with E-state index >= 15 is 0 Å². The van der Waals surface area contributed by atoms with Crippen LogP contribution >= 0.6 is 0 Å². The zero-order chi connectivity index (χ0) is 16.8. The van der Waals surface area contributed by atoms with Crippen molar-refractivity contribution in [2.45, 2.75) is 45.1 Å². The number of esters is 1. The number of benzene rings is 1. The Balaban J connectivity index is 2.81. The van der Waals surface area contributed by atoms with E-state index in [0.717, 1.165) is 5.56 Å². The third-order valence-corrected chi connectivity index (χ3v) is 3.35. The first-order chi connectivity index (χ1) is 10.3. The zero-order valence-electron chi connectivity index (χ0n) is 13.5. The third kappa shape index (κ3) is 4.88. The molecule has 1 rings (SSSR count). The summed E-state index contributed by atoms with van der Waals surface area (Å²) in [7, 11) is 1.26. The van der Waals surface area contributed by atoms with Crippen LogP contribution in [0.4, 0.5) is 0 Å². The van der Waals surface area contributed by atoms with E-state index in [9.17, 15) is 9.59 Å². The van der Waals surface area contributed by atoms with Crippen LogP contribution in [0.15, 0.2) is 24.3 Å². The zero-order valence-corrected chi connectivity index (χ0v) is 13.5. The summed E-state index contributed by atoms with van der Waals surface area (Å²) in [6.07, 6.45) is 0.401. The first kappa shape index (κ1) is 17.7. The molecular weight excluding hydrogens is 280 g/mol. The van der Waals surface area contributed by atoms with Crippen molar-refractivity contribution < 1.29 is 14.3 Å². The Labute approximate surface area is 131 Å². The van der Waals surface area contributed by atoms with E-state index in [1.54, 1.807) is 12.1 Å². The summed E-state index contributed by atoms with van der Waals surface area (Å²) in [6, 6.07) is 8.41. The number of nitriles is 1. The van der Waals surface area contributed by atoms with E-state index in [1.807, 2.05) is 18.2 Å². The molecule has 1 N–H and O–H groups in total. The second-order valence-electron chi connectivity index (χ2n) is 6.07. The largest absolute Gasteiger partial charge is 0.467 e. The molecule has 5 nitrogen and oxygen atoms in total. The predicted octanol–water partition coefficient (Wildman–Crippen LogP) is 2.56. The minimum atomic E-state index is -0.806. The van der Waals surface area contributed by atoms with Gasteiger partial charge in [-0.15, -0.1) is 0 Å². The van der Waals surface area contributed by atoms with Gasteiger partial charge in [-0.25, -0.2) is 4.79 Å². The van der Waals surface area contributed by atoms with Crippen LogP contribution in [-0.4, -0.2) is 25.0 Å². The number of ether oxygens (including phenoxy) is 1. The molecule has 22 heavy (non-hydrogen) atoms. The molecule has 0 aliphatic carbocycles. The van der Waals surface area contributed by atoms with Crippen molar-refractivity contribution >= 4 is 11.9 Å².